The number of hydrogen-bond acceptors (Lipinski definition) is 2. The summed E-state index contributed by atoms with van der Waals surface area (Å²) in [5.41, 5.74) is 2.47. The summed E-state index contributed by atoms with van der Waals surface area (Å²) in [4.78, 5) is 0. The Morgan fingerprint density at radius 1 is 1.38 bits per heavy atom. The fourth-order valence-corrected chi connectivity index (χ4v) is 2.15. The van der Waals surface area contributed by atoms with Gasteiger partial charge in [-0.2, -0.15) is 0 Å². The number of hydrazine groups is 1. The minimum atomic E-state index is 0.493. The average Bonchev–Trinajstić information content (AvgIpc) is 2.13. The highest BCUT2D eigenvalue weighted by Gasteiger charge is 2.27. The lowest BCUT2D eigenvalue weighted by atomic mass is 9.78. The first-order valence-corrected chi connectivity index (χ1v) is 5.33. The van der Waals surface area contributed by atoms with Crippen LogP contribution in [0, 0.1) is 11.8 Å². The summed E-state index contributed by atoms with van der Waals surface area (Å²) >= 11 is 4.98. The standard InChI is InChI=1S/C9H19N3S/c1-6-4-3-5-8(7(6)2)11-9(13)12-10/h6-8H,3-5,10H2,1-2H3,(H2,11,12,13). The lowest BCUT2D eigenvalue weighted by molar-refractivity contribution is 0.224. The SMILES string of the molecule is CC1CCCC(NC(=S)NN)C1C. The van der Waals surface area contributed by atoms with Gasteiger partial charge in [0.25, 0.3) is 0 Å². The molecule has 1 rings (SSSR count). The van der Waals surface area contributed by atoms with Crippen LogP contribution in [0.4, 0.5) is 0 Å². The largest absolute Gasteiger partial charge is 0.359 e. The summed E-state index contributed by atoms with van der Waals surface area (Å²) in [5, 5.41) is 3.81. The number of rotatable bonds is 1. The van der Waals surface area contributed by atoms with Crippen molar-refractivity contribution in [1.82, 2.24) is 10.7 Å². The summed E-state index contributed by atoms with van der Waals surface area (Å²) < 4.78 is 0. The fourth-order valence-electron chi connectivity index (χ4n) is 2.00. The zero-order valence-electron chi connectivity index (χ0n) is 8.34. The molecular formula is C9H19N3S. The first kappa shape index (κ1) is 10.7. The molecule has 0 aromatic heterocycles. The van der Waals surface area contributed by atoms with Gasteiger partial charge < -0.3 is 10.7 Å². The molecule has 1 aliphatic carbocycles. The Balaban J connectivity index is 2.43. The fraction of sp³-hybridized carbons (Fsp3) is 0.889. The second-order valence-corrected chi connectivity index (χ2v) is 4.40. The van der Waals surface area contributed by atoms with Crippen molar-refractivity contribution in [2.24, 2.45) is 17.7 Å². The van der Waals surface area contributed by atoms with E-state index in [-0.39, 0.29) is 0 Å². The highest BCUT2D eigenvalue weighted by atomic mass is 32.1. The molecule has 0 saturated heterocycles. The van der Waals surface area contributed by atoms with E-state index in [2.05, 4.69) is 24.6 Å². The summed E-state index contributed by atoms with van der Waals surface area (Å²) in [6.07, 6.45) is 3.83. The highest BCUT2D eigenvalue weighted by Crippen LogP contribution is 2.29. The van der Waals surface area contributed by atoms with Crippen molar-refractivity contribution >= 4 is 17.3 Å². The monoisotopic (exact) mass is 201 g/mol. The molecule has 0 spiro atoms. The van der Waals surface area contributed by atoms with Crippen molar-refractivity contribution in [3.8, 4) is 0 Å². The van der Waals surface area contributed by atoms with Crippen molar-refractivity contribution in [3.05, 3.63) is 0 Å². The quantitative estimate of drug-likeness (QED) is 0.338. The molecule has 0 aromatic rings. The molecule has 1 saturated carbocycles. The minimum Gasteiger partial charge on any atom is -0.359 e. The molecule has 4 heteroatoms. The maximum Gasteiger partial charge on any atom is 0.180 e. The second kappa shape index (κ2) is 4.77. The number of nitrogens with two attached hydrogens (primary N) is 1. The van der Waals surface area contributed by atoms with Gasteiger partial charge in [0.05, 0.1) is 0 Å². The van der Waals surface area contributed by atoms with E-state index in [4.69, 9.17) is 18.1 Å². The predicted molar refractivity (Wildman–Crippen MR) is 59.0 cm³/mol. The van der Waals surface area contributed by atoms with Crippen molar-refractivity contribution in [2.45, 2.75) is 39.2 Å². The van der Waals surface area contributed by atoms with E-state index in [0.717, 1.165) is 5.92 Å². The molecule has 13 heavy (non-hydrogen) atoms. The summed E-state index contributed by atoms with van der Waals surface area (Å²) in [7, 11) is 0. The molecule has 3 unspecified atom stereocenters. The first-order valence-electron chi connectivity index (χ1n) is 4.92. The molecule has 0 amide bonds. The second-order valence-electron chi connectivity index (χ2n) is 3.99. The number of thiocarbonyl (C=S) groups is 1. The van der Waals surface area contributed by atoms with Gasteiger partial charge in [0.2, 0.25) is 0 Å². The molecule has 3 nitrogen and oxygen atoms in total. The molecule has 0 radical (unpaired) electrons. The Bertz CT molecular complexity index is 184. The van der Waals surface area contributed by atoms with Gasteiger partial charge in [0, 0.05) is 6.04 Å². The predicted octanol–water partition coefficient (Wildman–Crippen LogP) is 1.15. The number of nitrogens with one attached hydrogen (secondary N) is 2. The highest BCUT2D eigenvalue weighted by molar-refractivity contribution is 7.80. The summed E-state index contributed by atoms with van der Waals surface area (Å²) in [5.74, 6) is 6.68. The third kappa shape index (κ3) is 2.81. The van der Waals surface area contributed by atoms with Crippen LogP contribution in [-0.2, 0) is 0 Å². The van der Waals surface area contributed by atoms with Crippen molar-refractivity contribution in [1.29, 1.82) is 0 Å². The van der Waals surface area contributed by atoms with E-state index in [1.807, 2.05) is 0 Å². The van der Waals surface area contributed by atoms with Crippen LogP contribution in [0.25, 0.3) is 0 Å². The van der Waals surface area contributed by atoms with Crippen LogP contribution in [0.5, 0.6) is 0 Å². The van der Waals surface area contributed by atoms with E-state index in [1.165, 1.54) is 19.3 Å². The smallest absolute Gasteiger partial charge is 0.180 e. The van der Waals surface area contributed by atoms with Gasteiger partial charge in [-0.15, -0.1) is 0 Å². The summed E-state index contributed by atoms with van der Waals surface area (Å²) in [6.45, 7) is 4.58. The molecule has 76 valence electrons. The van der Waals surface area contributed by atoms with Gasteiger partial charge in [0.1, 0.15) is 0 Å². The third-order valence-corrected chi connectivity index (χ3v) is 3.39. The Morgan fingerprint density at radius 3 is 2.69 bits per heavy atom. The van der Waals surface area contributed by atoms with Crippen LogP contribution >= 0.6 is 12.2 Å². The molecule has 0 aliphatic heterocycles. The van der Waals surface area contributed by atoms with E-state index in [1.54, 1.807) is 0 Å². The molecule has 4 N–H and O–H groups in total. The Hall–Kier alpha value is -0.350. The van der Waals surface area contributed by atoms with Gasteiger partial charge in [-0.3, -0.25) is 0 Å². The molecule has 1 aliphatic rings. The molecule has 0 heterocycles. The number of hydrogen-bond donors (Lipinski definition) is 3. The van der Waals surface area contributed by atoms with Crippen LogP contribution < -0.4 is 16.6 Å². The summed E-state index contributed by atoms with van der Waals surface area (Å²) in [6, 6.07) is 0.493. The first-order chi connectivity index (χ1) is 6.15. The van der Waals surface area contributed by atoms with Crippen LogP contribution in [0.15, 0.2) is 0 Å². The zero-order valence-corrected chi connectivity index (χ0v) is 9.16. The van der Waals surface area contributed by atoms with Crippen LogP contribution in [0.1, 0.15) is 33.1 Å². The lowest BCUT2D eigenvalue weighted by Gasteiger charge is -2.35. The maximum atomic E-state index is 5.22. The Kier molecular flexibility index (Phi) is 3.93. The van der Waals surface area contributed by atoms with E-state index in [0.29, 0.717) is 17.1 Å². The topological polar surface area (TPSA) is 50.1 Å². The van der Waals surface area contributed by atoms with Gasteiger partial charge in [-0.1, -0.05) is 26.7 Å². The Morgan fingerprint density at radius 2 is 2.08 bits per heavy atom. The van der Waals surface area contributed by atoms with Gasteiger partial charge in [-0.05, 0) is 30.5 Å². The molecule has 0 aromatic carbocycles. The molecule has 1 fully saturated rings. The van der Waals surface area contributed by atoms with E-state index in [9.17, 15) is 0 Å². The zero-order chi connectivity index (χ0) is 9.84. The van der Waals surface area contributed by atoms with Crippen molar-refractivity contribution < 1.29 is 0 Å². The van der Waals surface area contributed by atoms with E-state index < -0.39 is 0 Å². The lowest BCUT2D eigenvalue weighted by Crippen LogP contribution is -2.49. The van der Waals surface area contributed by atoms with Crippen molar-refractivity contribution in [2.75, 3.05) is 0 Å². The Labute approximate surface area is 85.4 Å². The van der Waals surface area contributed by atoms with Gasteiger partial charge in [0.15, 0.2) is 5.11 Å². The maximum absolute atomic E-state index is 5.22. The third-order valence-electron chi connectivity index (χ3n) is 3.15. The normalized spacial score (nSPS) is 33.9. The minimum absolute atomic E-state index is 0.493. The molecular weight excluding hydrogens is 182 g/mol. The molecule has 0 bridgehead atoms. The van der Waals surface area contributed by atoms with Crippen LogP contribution in [0.2, 0.25) is 0 Å². The van der Waals surface area contributed by atoms with Crippen LogP contribution in [-0.4, -0.2) is 11.2 Å². The van der Waals surface area contributed by atoms with Crippen LogP contribution in [0.3, 0.4) is 0 Å². The van der Waals surface area contributed by atoms with Gasteiger partial charge >= 0.3 is 0 Å². The van der Waals surface area contributed by atoms with E-state index >= 15 is 0 Å². The molecule has 3 atom stereocenters. The van der Waals surface area contributed by atoms with Gasteiger partial charge in [-0.25, -0.2) is 5.84 Å². The van der Waals surface area contributed by atoms with Crippen molar-refractivity contribution in [3.63, 3.8) is 0 Å². The average molecular weight is 201 g/mol.